The lowest BCUT2D eigenvalue weighted by molar-refractivity contribution is -0.137. The Kier molecular flexibility index (Phi) is 6.66. The summed E-state index contributed by atoms with van der Waals surface area (Å²) in [5.74, 6) is -0.131. The number of esters is 1. The van der Waals surface area contributed by atoms with Crippen molar-refractivity contribution >= 4 is 23.6 Å². The highest BCUT2D eigenvalue weighted by Crippen LogP contribution is 2.15. The van der Waals surface area contributed by atoms with Gasteiger partial charge in [-0.1, -0.05) is 12.1 Å². The molecule has 0 spiro atoms. The number of benzene rings is 2. The molecule has 2 aromatic carbocycles. The lowest BCUT2D eigenvalue weighted by Crippen LogP contribution is -2.20. The number of anilines is 1. The first-order chi connectivity index (χ1) is 14.1. The van der Waals surface area contributed by atoms with Gasteiger partial charge in [0.25, 0.3) is 5.91 Å². The Labute approximate surface area is 166 Å². The van der Waals surface area contributed by atoms with Crippen LogP contribution in [-0.4, -0.2) is 45.3 Å². The molecule has 0 aliphatic heterocycles. The van der Waals surface area contributed by atoms with Crippen molar-refractivity contribution in [2.75, 3.05) is 18.5 Å². The minimum Gasteiger partial charge on any atom is -0.484 e. The fourth-order valence-corrected chi connectivity index (χ4v) is 2.35. The first-order valence-corrected chi connectivity index (χ1v) is 8.85. The molecule has 0 saturated carbocycles. The van der Waals surface area contributed by atoms with Crippen LogP contribution in [0.25, 0.3) is 11.8 Å². The van der Waals surface area contributed by atoms with Crippen molar-refractivity contribution in [2.24, 2.45) is 0 Å². The third-order valence-corrected chi connectivity index (χ3v) is 3.71. The number of hydrogen-bond donors (Lipinski definition) is 1. The van der Waals surface area contributed by atoms with Crippen LogP contribution >= 0.6 is 0 Å². The maximum Gasteiger partial charge on any atom is 0.330 e. The molecular weight excluding hydrogens is 374 g/mol. The largest absolute Gasteiger partial charge is 0.484 e. The van der Waals surface area contributed by atoms with Crippen molar-refractivity contribution in [2.45, 2.75) is 6.92 Å². The van der Waals surface area contributed by atoms with E-state index in [4.69, 9.17) is 9.47 Å². The summed E-state index contributed by atoms with van der Waals surface area (Å²) in [5, 5.41) is 13.7. The van der Waals surface area contributed by atoms with Crippen molar-refractivity contribution < 1.29 is 19.1 Å². The van der Waals surface area contributed by atoms with Gasteiger partial charge in [-0.05, 0) is 65.4 Å². The second kappa shape index (κ2) is 9.79. The summed E-state index contributed by atoms with van der Waals surface area (Å²) in [6, 6.07) is 14.1. The van der Waals surface area contributed by atoms with Gasteiger partial charge in [0.1, 0.15) is 12.1 Å². The van der Waals surface area contributed by atoms with E-state index in [0.29, 0.717) is 18.0 Å². The highest BCUT2D eigenvalue weighted by molar-refractivity contribution is 5.92. The Bertz CT molecular complexity index is 967. The molecule has 1 aromatic heterocycles. The van der Waals surface area contributed by atoms with Crippen LogP contribution in [0, 0.1) is 0 Å². The Morgan fingerprint density at radius 3 is 2.52 bits per heavy atom. The normalized spacial score (nSPS) is 10.7. The van der Waals surface area contributed by atoms with Crippen LogP contribution in [0.4, 0.5) is 5.69 Å². The topological polar surface area (TPSA) is 108 Å². The number of carbonyl (C=O) groups excluding carboxylic acids is 2. The highest BCUT2D eigenvalue weighted by atomic mass is 16.5. The van der Waals surface area contributed by atoms with Crippen molar-refractivity contribution in [3.63, 3.8) is 0 Å². The summed E-state index contributed by atoms with van der Waals surface area (Å²) in [7, 11) is 0. The minimum atomic E-state index is -0.395. The maximum absolute atomic E-state index is 12.1. The lowest BCUT2D eigenvalue weighted by atomic mass is 10.2. The van der Waals surface area contributed by atoms with E-state index in [1.54, 1.807) is 61.5 Å². The first-order valence-electron chi connectivity index (χ1n) is 8.85. The van der Waals surface area contributed by atoms with Crippen molar-refractivity contribution in [1.82, 2.24) is 20.2 Å². The molecule has 0 atom stereocenters. The van der Waals surface area contributed by atoms with Gasteiger partial charge < -0.3 is 14.8 Å². The molecule has 29 heavy (non-hydrogen) atoms. The van der Waals surface area contributed by atoms with Gasteiger partial charge in [-0.25, -0.2) is 9.48 Å². The maximum atomic E-state index is 12.1. The molecule has 0 radical (unpaired) electrons. The molecule has 3 aromatic rings. The van der Waals surface area contributed by atoms with E-state index in [0.717, 1.165) is 11.3 Å². The van der Waals surface area contributed by atoms with Crippen LogP contribution < -0.4 is 10.1 Å². The van der Waals surface area contributed by atoms with E-state index in [-0.39, 0.29) is 12.5 Å². The van der Waals surface area contributed by atoms with Gasteiger partial charge in [0.2, 0.25) is 0 Å². The molecular formula is C20H19N5O4. The standard InChI is InChI=1S/C20H19N5O4/c1-2-28-20(27)12-5-15-3-6-16(7-4-15)22-19(26)13-29-18-10-8-17(9-11-18)25-14-21-23-24-25/h3-12,14H,2,13H2,1H3,(H,22,26). The number of amides is 1. The smallest absolute Gasteiger partial charge is 0.330 e. The summed E-state index contributed by atoms with van der Waals surface area (Å²) in [6.07, 6.45) is 4.49. The lowest BCUT2D eigenvalue weighted by Gasteiger charge is -2.08. The number of ether oxygens (including phenoxy) is 2. The highest BCUT2D eigenvalue weighted by Gasteiger charge is 2.05. The summed E-state index contributed by atoms with van der Waals surface area (Å²) in [4.78, 5) is 23.4. The van der Waals surface area contributed by atoms with E-state index in [1.807, 2.05) is 0 Å². The predicted molar refractivity (Wildman–Crippen MR) is 105 cm³/mol. The first kappa shape index (κ1) is 19.7. The van der Waals surface area contributed by atoms with Crippen molar-refractivity contribution in [1.29, 1.82) is 0 Å². The number of tetrazole rings is 1. The predicted octanol–water partition coefficient (Wildman–Crippen LogP) is 2.26. The van der Waals surface area contributed by atoms with Crippen LogP contribution in [0.5, 0.6) is 5.75 Å². The number of rotatable bonds is 8. The number of carbonyl (C=O) groups is 2. The Morgan fingerprint density at radius 2 is 1.86 bits per heavy atom. The summed E-state index contributed by atoms with van der Waals surface area (Å²) < 4.78 is 11.8. The summed E-state index contributed by atoms with van der Waals surface area (Å²) >= 11 is 0. The molecule has 0 fully saturated rings. The van der Waals surface area contributed by atoms with E-state index in [2.05, 4.69) is 20.8 Å². The van der Waals surface area contributed by atoms with Crippen LogP contribution in [-0.2, 0) is 14.3 Å². The summed E-state index contributed by atoms with van der Waals surface area (Å²) in [6.45, 7) is 1.95. The Hall–Kier alpha value is -4.01. The van der Waals surface area contributed by atoms with Gasteiger partial charge in [0, 0.05) is 11.8 Å². The van der Waals surface area contributed by atoms with E-state index < -0.39 is 5.97 Å². The fourth-order valence-electron chi connectivity index (χ4n) is 2.35. The van der Waals surface area contributed by atoms with Gasteiger partial charge >= 0.3 is 5.97 Å². The minimum absolute atomic E-state index is 0.130. The number of hydrogen-bond acceptors (Lipinski definition) is 7. The number of nitrogens with zero attached hydrogens (tertiary/aromatic N) is 4. The van der Waals surface area contributed by atoms with Crippen molar-refractivity contribution in [3.05, 3.63) is 66.5 Å². The Morgan fingerprint density at radius 1 is 1.10 bits per heavy atom. The third kappa shape index (κ3) is 5.99. The van der Waals surface area contributed by atoms with Gasteiger partial charge in [-0.15, -0.1) is 5.10 Å². The average Bonchev–Trinajstić information content (AvgIpc) is 3.27. The van der Waals surface area contributed by atoms with Gasteiger partial charge in [-0.3, -0.25) is 4.79 Å². The number of nitrogens with one attached hydrogen (secondary N) is 1. The quantitative estimate of drug-likeness (QED) is 0.462. The molecule has 1 heterocycles. The molecule has 1 N–H and O–H groups in total. The third-order valence-electron chi connectivity index (χ3n) is 3.71. The molecule has 0 unspecified atom stereocenters. The molecule has 0 saturated heterocycles. The van der Waals surface area contributed by atoms with Gasteiger partial charge in [0.05, 0.1) is 12.3 Å². The molecule has 9 heteroatoms. The van der Waals surface area contributed by atoms with Gasteiger partial charge in [-0.2, -0.15) is 0 Å². The second-order valence-corrected chi connectivity index (χ2v) is 5.79. The zero-order valence-corrected chi connectivity index (χ0v) is 15.7. The summed E-state index contributed by atoms with van der Waals surface area (Å²) in [5.41, 5.74) is 2.22. The van der Waals surface area contributed by atoms with Crippen LogP contribution in [0.3, 0.4) is 0 Å². The SMILES string of the molecule is CCOC(=O)C=Cc1ccc(NC(=O)COc2ccc(-n3cnnn3)cc2)cc1. The monoisotopic (exact) mass is 393 g/mol. The zero-order valence-electron chi connectivity index (χ0n) is 15.7. The van der Waals surface area contributed by atoms with Crippen LogP contribution in [0.1, 0.15) is 12.5 Å². The average molecular weight is 393 g/mol. The molecule has 0 bridgehead atoms. The van der Waals surface area contributed by atoms with Crippen LogP contribution in [0.15, 0.2) is 60.9 Å². The second-order valence-electron chi connectivity index (χ2n) is 5.79. The van der Waals surface area contributed by atoms with Crippen molar-refractivity contribution in [3.8, 4) is 11.4 Å². The molecule has 3 rings (SSSR count). The number of aromatic nitrogens is 4. The molecule has 9 nitrogen and oxygen atoms in total. The molecule has 0 aliphatic carbocycles. The molecule has 0 aliphatic rings. The zero-order chi connectivity index (χ0) is 20.5. The van der Waals surface area contributed by atoms with E-state index >= 15 is 0 Å². The molecule has 148 valence electrons. The van der Waals surface area contributed by atoms with Gasteiger partial charge in [0.15, 0.2) is 6.61 Å². The van der Waals surface area contributed by atoms with E-state index in [1.165, 1.54) is 17.1 Å². The fraction of sp³-hybridized carbons (Fsp3) is 0.150. The molecule has 1 amide bonds. The van der Waals surface area contributed by atoms with E-state index in [9.17, 15) is 9.59 Å². The van der Waals surface area contributed by atoms with Crippen LogP contribution in [0.2, 0.25) is 0 Å². The Balaban J connectivity index is 1.47.